The summed E-state index contributed by atoms with van der Waals surface area (Å²) in [5.74, 6) is 0.243. The van der Waals surface area contributed by atoms with Crippen molar-refractivity contribution in [3.05, 3.63) is 42.4 Å². The summed E-state index contributed by atoms with van der Waals surface area (Å²) in [6.07, 6.45) is 6.63. The molecule has 0 unspecified atom stereocenters. The number of aliphatic hydroxyl groups excluding tert-OH is 1. The maximum atomic E-state index is 13.5. The molecule has 3 heterocycles. The third kappa shape index (κ3) is 4.60. The van der Waals surface area contributed by atoms with Gasteiger partial charge in [-0.15, -0.1) is 0 Å². The first-order valence-electron chi connectivity index (χ1n) is 11.1. The van der Waals surface area contributed by atoms with Crippen LogP contribution < -0.4 is 4.74 Å². The first-order chi connectivity index (χ1) is 15.4. The maximum absolute atomic E-state index is 13.5. The molecule has 0 radical (unpaired) electrons. The molecule has 170 valence electrons. The zero-order chi connectivity index (χ0) is 22.8. The summed E-state index contributed by atoms with van der Waals surface area (Å²) < 4.78 is 6.27. The van der Waals surface area contributed by atoms with E-state index in [1.807, 2.05) is 26.0 Å². The van der Waals surface area contributed by atoms with Crippen LogP contribution in [-0.2, 0) is 4.79 Å². The average Bonchev–Trinajstić information content (AvgIpc) is 3.66. The van der Waals surface area contributed by atoms with Crippen LogP contribution in [0.2, 0.25) is 0 Å². The highest BCUT2D eigenvalue weighted by molar-refractivity contribution is 5.98. The van der Waals surface area contributed by atoms with E-state index >= 15 is 0 Å². The molecule has 0 saturated heterocycles. The normalized spacial score (nSPS) is 21.8. The van der Waals surface area contributed by atoms with Crippen molar-refractivity contribution in [2.75, 3.05) is 26.7 Å². The number of aliphatic hydroxyl groups is 1. The van der Waals surface area contributed by atoms with Crippen LogP contribution in [0.15, 0.2) is 36.8 Å². The Balaban J connectivity index is 1.69. The predicted octanol–water partition coefficient (Wildman–Crippen LogP) is 2.23. The van der Waals surface area contributed by atoms with Gasteiger partial charge in [0.05, 0.1) is 19.2 Å². The van der Waals surface area contributed by atoms with Gasteiger partial charge in [-0.25, -0.2) is 4.98 Å². The van der Waals surface area contributed by atoms with E-state index in [1.165, 1.54) is 0 Å². The number of hydrogen-bond acceptors (Lipinski definition) is 6. The number of ether oxygens (including phenoxy) is 1. The molecule has 1 saturated carbocycles. The van der Waals surface area contributed by atoms with Crippen LogP contribution in [0.1, 0.15) is 37.0 Å². The van der Waals surface area contributed by atoms with Gasteiger partial charge in [0, 0.05) is 49.6 Å². The quantitative estimate of drug-likeness (QED) is 0.743. The van der Waals surface area contributed by atoms with Crippen molar-refractivity contribution in [2.24, 2.45) is 11.8 Å². The lowest BCUT2D eigenvalue weighted by atomic mass is 9.99. The minimum atomic E-state index is -0.355. The Morgan fingerprint density at radius 2 is 2.03 bits per heavy atom. The predicted molar refractivity (Wildman–Crippen MR) is 119 cm³/mol. The third-order valence-corrected chi connectivity index (χ3v) is 6.29. The topological polar surface area (TPSA) is 95.9 Å². The van der Waals surface area contributed by atoms with Crippen molar-refractivity contribution < 1.29 is 19.4 Å². The highest BCUT2D eigenvalue weighted by Crippen LogP contribution is 2.32. The van der Waals surface area contributed by atoms with Crippen LogP contribution in [0.5, 0.6) is 5.88 Å². The van der Waals surface area contributed by atoms with Crippen LogP contribution in [0.4, 0.5) is 0 Å². The van der Waals surface area contributed by atoms with E-state index in [-0.39, 0.29) is 48.3 Å². The number of rotatable bonds is 6. The number of likely N-dealkylation sites (N-methyl/N-ethyl adjacent to an activating group) is 1. The van der Waals surface area contributed by atoms with Crippen molar-refractivity contribution in [1.82, 2.24) is 19.8 Å². The molecule has 8 heteroatoms. The van der Waals surface area contributed by atoms with Gasteiger partial charge in [0.25, 0.3) is 5.91 Å². The highest BCUT2D eigenvalue weighted by Gasteiger charge is 2.37. The van der Waals surface area contributed by atoms with E-state index in [4.69, 9.17) is 4.74 Å². The second-order valence-electron chi connectivity index (χ2n) is 8.93. The number of fused-ring (bicyclic) bond motifs is 1. The Bertz CT molecular complexity index is 979. The van der Waals surface area contributed by atoms with Crippen molar-refractivity contribution in [3.8, 4) is 17.0 Å². The van der Waals surface area contributed by atoms with Gasteiger partial charge in [0.15, 0.2) is 0 Å². The lowest BCUT2D eigenvalue weighted by Gasteiger charge is -2.37. The number of nitrogens with zero attached hydrogens (tertiary/aromatic N) is 4. The van der Waals surface area contributed by atoms with E-state index in [0.717, 1.165) is 24.0 Å². The molecule has 1 aliphatic heterocycles. The van der Waals surface area contributed by atoms with Crippen LogP contribution >= 0.6 is 0 Å². The second-order valence-corrected chi connectivity index (χ2v) is 8.93. The average molecular weight is 439 g/mol. The van der Waals surface area contributed by atoms with Gasteiger partial charge in [-0.05, 0) is 43.5 Å². The van der Waals surface area contributed by atoms with Crippen LogP contribution in [0.3, 0.4) is 0 Å². The number of amides is 2. The molecular weight excluding hydrogens is 408 g/mol. The van der Waals surface area contributed by atoms with Gasteiger partial charge in [-0.1, -0.05) is 6.92 Å². The number of carbonyl (C=O) groups is 2. The Kier molecular flexibility index (Phi) is 6.41. The molecule has 0 bridgehead atoms. The zero-order valence-corrected chi connectivity index (χ0v) is 18.8. The third-order valence-electron chi connectivity index (χ3n) is 6.29. The first-order valence-corrected chi connectivity index (χ1v) is 11.1. The lowest BCUT2D eigenvalue weighted by molar-refractivity contribution is -0.132. The smallest absolute Gasteiger partial charge is 0.259 e. The molecule has 2 aromatic heterocycles. The molecule has 1 fully saturated rings. The number of pyridine rings is 2. The summed E-state index contributed by atoms with van der Waals surface area (Å²) >= 11 is 0. The number of carbonyl (C=O) groups excluding carboxylic acids is 2. The van der Waals surface area contributed by atoms with Crippen molar-refractivity contribution in [1.29, 1.82) is 0 Å². The van der Waals surface area contributed by atoms with E-state index < -0.39 is 0 Å². The molecule has 8 nitrogen and oxygen atoms in total. The molecule has 1 N–H and O–H groups in total. The highest BCUT2D eigenvalue weighted by atomic mass is 16.5. The summed E-state index contributed by atoms with van der Waals surface area (Å²) in [5.41, 5.74) is 2.03. The standard InChI is InChI=1S/C24H30N4O4/c1-15-12-28(16(2)14-29)24(31)20-10-19(17-6-8-25-9-7-17)11-26-22(20)32-21(15)13-27(3)23(30)18-4-5-18/h6-11,15-16,18,21,29H,4-5,12-14H2,1-3H3/t15-,16+,21-/m0/s1. The van der Waals surface area contributed by atoms with Gasteiger partial charge in [-0.2, -0.15) is 0 Å². The van der Waals surface area contributed by atoms with Crippen LogP contribution in [0, 0.1) is 11.8 Å². The van der Waals surface area contributed by atoms with Gasteiger partial charge < -0.3 is 19.6 Å². The second kappa shape index (κ2) is 9.24. The first kappa shape index (κ1) is 22.2. The SMILES string of the molecule is C[C@H](CO)N1C[C@H](C)[C@H](CN(C)C(=O)C2CC2)Oc2ncc(-c3ccncc3)cc2C1=O. The fraction of sp³-hybridized carbons (Fsp3) is 0.500. The van der Waals surface area contributed by atoms with Crippen molar-refractivity contribution in [3.63, 3.8) is 0 Å². The van der Waals surface area contributed by atoms with E-state index in [2.05, 4.69) is 9.97 Å². The van der Waals surface area contributed by atoms with Gasteiger partial charge >= 0.3 is 0 Å². The van der Waals surface area contributed by atoms with E-state index in [0.29, 0.717) is 18.7 Å². The lowest BCUT2D eigenvalue weighted by Crippen LogP contribution is -2.50. The minimum Gasteiger partial charge on any atom is -0.472 e. The Morgan fingerprint density at radius 1 is 1.31 bits per heavy atom. The van der Waals surface area contributed by atoms with Crippen molar-refractivity contribution in [2.45, 2.75) is 38.8 Å². The fourth-order valence-electron chi connectivity index (χ4n) is 4.02. The summed E-state index contributed by atoms with van der Waals surface area (Å²) in [6.45, 7) is 4.51. The molecule has 0 spiro atoms. The largest absolute Gasteiger partial charge is 0.472 e. The molecule has 1 aliphatic carbocycles. The summed E-state index contributed by atoms with van der Waals surface area (Å²) in [5, 5.41) is 9.79. The summed E-state index contributed by atoms with van der Waals surface area (Å²) in [4.78, 5) is 37.9. The molecule has 2 aliphatic rings. The van der Waals surface area contributed by atoms with Gasteiger partial charge in [-0.3, -0.25) is 14.6 Å². The van der Waals surface area contributed by atoms with Gasteiger partial charge in [0.1, 0.15) is 11.7 Å². The number of aromatic nitrogens is 2. The monoisotopic (exact) mass is 438 g/mol. The summed E-state index contributed by atoms with van der Waals surface area (Å²) in [7, 11) is 1.80. The molecule has 3 atom stereocenters. The maximum Gasteiger partial charge on any atom is 0.259 e. The van der Waals surface area contributed by atoms with E-state index in [9.17, 15) is 14.7 Å². The fourth-order valence-corrected chi connectivity index (χ4v) is 4.02. The molecule has 4 rings (SSSR count). The Morgan fingerprint density at radius 3 is 2.69 bits per heavy atom. The minimum absolute atomic E-state index is 0.0581. The summed E-state index contributed by atoms with van der Waals surface area (Å²) in [6, 6.07) is 5.14. The van der Waals surface area contributed by atoms with E-state index in [1.54, 1.807) is 41.5 Å². The van der Waals surface area contributed by atoms with Crippen LogP contribution in [-0.4, -0.2) is 75.6 Å². The van der Waals surface area contributed by atoms with Crippen molar-refractivity contribution >= 4 is 11.8 Å². The van der Waals surface area contributed by atoms with Gasteiger partial charge in [0.2, 0.25) is 11.8 Å². The Labute approximate surface area is 188 Å². The molecular formula is C24H30N4O4. The zero-order valence-electron chi connectivity index (χ0n) is 18.8. The molecule has 32 heavy (non-hydrogen) atoms. The molecule has 2 amide bonds. The number of hydrogen-bond donors (Lipinski definition) is 1. The van der Waals surface area contributed by atoms with Crippen LogP contribution in [0.25, 0.3) is 11.1 Å². The molecule has 2 aromatic rings. The Hall–Kier alpha value is -3.00. The molecule has 0 aromatic carbocycles.